The quantitative estimate of drug-likeness (QED) is 0.866. The number of rotatable bonds is 3. The number of likely N-dealkylation sites (tertiary alicyclic amines) is 1. The van der Waals surface area contributed by atoms with E-state index < -0.39 is 11.9 Å². The van der Waals surface area contributed by atoms with Crippen LogP contribution in [0.3, 0.4) is 0 Å². The topological polar surface area (TPSA) is 57.6 Å². The summed E-state index contributed by atoms with van der Waals surface area (Å²) >= 11 is 11.8. The van der Waals surface area contributed by atoms with Crippen molar-refractivity contribution in [3.63, 3.8) is 0 Å². The molecule has 1 aromatic carbocycles. The molecule has 1 atom stereocenters. The lowest BCUT2D eigenvalue weighted by Crippen LogP contribution is -2.41. The number of benzene rings is 1. The van der Waals surface area contributed by atoms with Crippen molar-refractivity contribution in [3.8, 4) is 0 Å². The second-order valence-corrected chi connectivity index (χ2v) is 5.87. The summed E-state index contributed by atoms with van der Waals surface area (Å²) in [5, 5.41) is 10.0. The highest BCUT2D eigenvalue weighted by Gasteiger charge is 2.27. The Balaban J connectivity index is 2.03. The van der Waals surface area contributed by atoms with Gasteiger partial charge in [0, 0.05) is 29.2 Å². The maximum atomic E-state index is 12.1. The maximum absolute atomic E-state index is 12.1. The van der Waals surface area contributed by atoms with Crippen LogP contribution in [0.2, 0.25) is 10.0 Å². The number of piperidine rings is 1. The summed E-state index contributed by atoms with van der Waals surface area (Å²) in [5.41, 5.74) is 0.729. The molecule has 1 aromatic rings. The van der Waals surface area contributed by atoms with Gasteiger partial charge in [-0.05, 0) is 42.7 Å². The number of carbonyl (C=O) groups excluding carboxylic acids is 1. The predicted molar refractivity (Wildman–Crippen MR) is 82.4 cm³/mol. The SMILES string of the molecule is O=C(O)C1CCCN(C(=O)/C=C/c2cc(Cl)cc(Cl)c2)C1. The molecule has 1 N–H and O–H groups in total. The van der Waals surface area contributed by atoms with Crippen molar-refractivity contribution in [1.82, 2.24) is 4.90 Å². The van der Waals surface area contributed by atoms with Gasteiger partial charge in [0.05, 0.1) is 5.92 Å². The molecular formula is C15H15Cl2NO3. The van der Waals surface area contributed by atoms with Gasteiger partial charge in [0.25, 0.3) is 0 Å². The molecule has 1 amide bonds. The van der Waals surface area contributed by atoms with E-state index in [0.29, 0.717) is 29.4 Å². The lowest BCUT2D eigenvalue weighted by Gasteiger charge is -2.29. The van der Waals surface area contributed by atoms with Crippen LogP contribution in [0.5, 0.6) is 0 Å². The van der Waals surface area contributed by atoms with Crippen molar-refractivity contribution in [3.05, 3.63) is 39.9 Å². The number of amides is 1. The molecule has 0 radical (unpaired) electrons. The monoisotopic (exact) mass is 327 g/mol. The smallest absolute Gasteiger partial charge is 0.308 e. The standard InChI is InChI=1S/C15H15Cl2NO3/c16-12-6-10(7-13(17)8-12)3-4-14(19)18-5-1-2-11(9-18)15(20)21/h3-4,6-8,11H,1-2,5,9H2,(H,20,21)/b4-3+. The van der Waals surface area contributed by atoms with E-state index >= 15 is 0 Å². The van der Waals surface area contributed by atoms with Crippen molar-refractivity contribution >= 4 is 41.2 Å². The molecule has 1 heterocycles. The van der Waals surface area contributed by atoms with Crippen LogP contribution in [0.15, 0.2) is 24.3 Å². The molecule has 1 aliphatic heterocycles. The maximum Gasteiger partial charge on any atom is 0.308 e. The third kappa shape index (κ3) is 4.48. The van der Waals surface area contributed by atoms with E-state index in [1.807, 2.05) is 0 Å². The van der Waals surface area contributed by atoms with Gasteiger partial charge in [-0.2, -0.15) is 0 Å². The Morgan fingerprint density at radius 3 is 2.52 bits per heavy atom. The normalized spacial score (nSPS) is 19.0. The van der Waals surface area contributed by atoms with Gasteiger partial charge >= 0.3 is 5.97 Å². The van der Waals surface area contributed by atoms with E-state index in [0.717, 1.165) is 5.56 Å². The number of hydrogen-bond acceptors (Lipinski definition) is 2. The fourth-order valence-electron chi connectivity index (χ4n) is 2.32. The van der Waals surface area contributed by atoms with E-state index in [9.17, 15) is 9.59 Å². The number of aliphatic carboxylic acids is 1. The fourth-order valence-corrected chi connectivity index (χ4v) is 2.87. The molecule has 1 unspecified atom stereocenters. The number of carbonyl (C=O) groups is 2. The summed E-state index contributed by atoms with van der Waals surface area (Å²) in [7, 11) is 0. The highest BCUT2D eigenvalue weighted by molar-refractivity contribution is 6.34. The molecule has 0 spiro atoms. The molecule has 2 rings (SSSR count). The number of carboxylic acid groups (broad SMARTS) is 1. The first-order chi connectivity index (χ1) is 9.95. The number of hydrogen-bond donors (Lipinski definition) is 1. The largest absolute Gasteiger partial charge is 0.481 e. The molecule has 0 saturated carbocycles. The van der Waals surface area contributed by atoms with Gasteiger partial charge in [-0.15, -0.1) is 0 Å². The van der Waals surface area contributed by atoms with Gasteiger partial charge in [-0.25, -0.2) is 0 Å². The van der Waals surface area contributed by atoms with E-state index in [4.69, 9.17) is 28.3 Å². The molecular weight excluding hydrogens is 313 g/mol. The van der Waals surface area contributed by atoms with Gasteiger partial charge in [0.15, 0.2) is 0 Å². The van der Waals surface area contributed by atoms with E-state index in [1.54, 1.807) is 29.2 Å². The Bertz CT molecular complexity index is 566. The number of carboxylic acids is 1. The van der Waals surface area contributed by atoms with E-state index in [1.165, 1.54) is 6.08 Å². The van der Waals surface area contributed by atoms with Crippen molar-refractivity contribution in [2.75, 3.05) is 13.1 Å². The van der Waals surface area contributed by atoms with E-state index in [-0.39, 0.29) is 12.5 Å². The van der Waals surface area contributed by atoms with Crippen molar-refractivity contribution in [1.29, 1.82) is 0 Å². The minimum Gasteiger partial charge on any atom is -0.481 e. The molecule has 1 aliphatic rings. The molecule has 0 aromatic heterocycles. The van der Waals surface area contributed by atoms with Crippen molar-refractivity contribution in [2.24, 2.45) is 5.92 Å². The number of nitrogens with zero attached hydrogens (tertiary/aromatic N) is 1. The molecule has 1 saturated heterocycles. The number of halogens is 2. The average molecular weight is 328 g/mol. The summed E-state index contributed by atoms with van der Waals surface area (Å²) in [4.78, 5) is 24.6. The minimum atomic E-state index is -0.849. The first-order valence-corrected chi connectivity index (χ1v) is 7.37. The third-order valence-corrected chi connectivity index (χ3v) is 3.82. The summed E-state index contributed by atoms with van der Waals surface area (Å²) in [6.07, 6.45) is 4.38. The zero-order valence-corrected chi connectivity index (χ0v) is 12.8. The Morgan fingerprint density at radius 2 is 1.90 bits per heavy atom. The summed E-state index contributed by atoms with van der Waals surface area (Å²) in [6, 6.07) is 5.02. The van der Waals surface area contributed by atoms with E-state index in [2.05, 4.69) is 0 Å². The first kappa shape index (κ1) is 15.9. The van der Waals surface area contributed by atoms with Crippen LogP contribution in [-0.2, 0) is 9.59 Å². The highest BCUT2D eigenvalue weighted by Crippen LogP contribution is 2.20. The lowest BCUT2D eigenvalue weighted by atomic mass is 9.98. The molecule has 4 nitrogen and oxygen atoms in total. The third-order valence-electron chi connectivity index (χ3n) is 3.39. The zero-order valence-electron chi connectivity index (χ0n) is 11.3. The predicted octanol–water partition coefficient (Wildman–Crippen LogP) is 3.33. The molecule has 21 heavy (non-hydrogen) atoms. The minimum absolute atomic E-state index is 0.197. The van der Waals surface area contributed by atoms with Crippen LogP contribution >= 0.6 is 23.2 Å². The second-order valence-electron chi connectivity index (χ2n) is 5.00. The van der Waals surface area contributed by atoms with Crippen molar-refractivity contribution < 1.29 is 14.7 Å². The van der Waals surface area contributed by atoms with Gasteiger partial charge in [-0.3, -0.25) is 9.59 Å². The fraction of sp³-hybridized carbons (Fsp3) is 0.333. The molecule has 112 valence electrons. The summed E-state index contributed by atoms with van der Waals surface area (Å²) < 4.78 is 0. The van der Waals surface area contributed by atoms with Crippen molar-refractivity contribution in [2.45, 2.75) is 12.8 Å². The Morgan fingerprint density at radius 1 is 1.24 bits per heavy atom. The van der Waals surface area contributed by atoms with Crippen LogP contribution < -0.4 is 0 Å². The van der Waals surface area contributed by atoms with Crippen LogP contribution in [0.4, 0.5) is 0 Å². The van der Waals surface area contributed by atoms with Gasteiger partial charge in [-0.1, -0.05) is 23.2 Å². The van der Waals surface area contributed by atoms with Gasteiger partial charge < -0.3 is 10.0 Å². The van der Waals surface area contributed by atoms with Gasteiger partial charge in [0.1, 0.15) is 0 Å². The second kappa shape index (κ2) is 6.96. The Kier molecular flexibility index (Phi) is 5.26. The summed E-state index contributed by atoms with van der Waals surface area (Å²) in [5.74, 6) is -1.52. The average Bonchev–Trinajstić information content (AvgIpc) is 2.44. The molecule has 0 aliphatic carbocycles. The first-order valence-electron chi connectivity index (χ1n) is 6.61. The highest BCUT2D eigenvalue weighted by atomic mass is 35.5. The van der Waals surface area contributed by atoms with Gasteiger partial charge in [0.2, 0.25) is 5.91 Å². The lowest BCUT2D eigenvalue weighted by molar-refractivity contribution is -0.144. The molecule has 6 heteroatoms. The Hall–Kier alpha value is -1.52. The van der Waals surface area contributed by atoms with Crippen LogP contribution in [-0.4, -0.2) is 35.0 Å². The van der Waals surface area contributed by atoms with Crippen LogP contribution in [0.25, 0.3) is 6.08 Å². The zero-order chi connectivity index (χ0) is 15.4. The molecule has 1 fully saturated rings. The summed E-state index contributed by atoms with van der Waals surface area (Å²) in [6.45, 7) is 0.845. The van der Waals surface area contributed by atoms with Crippen LogP contribution in [0, 0.1) is 5.92 Å². The Labute approximate surface area is 133 Å². The molecule has 0 bridgehead atoms. The van der Waals surface area contributed by atoms with Crippen LogP contribution in [0.1, 0.15) is 18.4 Å².